The van der Waals surface area contributed by atoms with Gasteiger partial charge >= 0.3 is 0 Å². The van der Waals surface area contributed by atoms with Crippen molar-refractivity contribution in [3.8, 4) is 0 Å². The Labute approximate surface area is 67.3 Å². The Balaban J connectivity index is 2.18. The maximum Gasteiger partial charge on any atom is 0.108 e. The number of imidazole rings is 1. The van der Waals surface area contributed by atoms with Gasteiger partial charge in [-0.25, -0.2) is 4.98 Å². The van der Waals surface area contributed by atoms with E-state index in [1.807, 2.05) is 6.20 Å². The lowest BCUT2D eigenvalue weighted by molar-refractivity contribution is 0.516. The standard InChI is InChI=1S/C9H14N2/c1-2-4-7-11-8-6-10-9(11)5-3-1/h6,8H,1-5,7H2. The molecule has 2 nitrogen and oxygen atoms in total. The highest BCUT2D eigenvalue weighted by atomic mass is 15.1. The first-order valence-corrected chi connectivity index (χ1v) is 4.47. The smallest absolute Gasteiger partial charge is 0.108 e. The highest BCUT2D eigenvalue weighted by molar-refractivity contribution is 4.93. The summed E-state index contributed by atoms with van der Waals surface area (Å²) in [4.78, 5) is 4.32. The summed E-state index contributed by atoms with van der Waals surface area (Å²) in [6, 6.07) is 0. The summed E-state index contributed by atoms with van der Waals surface area (Å²) in [6.07, 6.45) is 10.6. The Morgan fingerprint density at radius 1 is 1.18 bits per heavy atom. The zero-order valence-electron chi connectivity index (χ0n) is 6.79. The summed E-state index contributed by atoms with van der Waals surface area (Å²) >= 11 is 0. The molecule has 0 saturated carbocycles. The van der Waals surface area contributed by atoms with E-state index in [2.05, 4.69) is 15.7 Å². The van der Waals surface area contributed by atoms with Crippen LogP contribution in [0.25, 0.3) is 0 Å². The van der Waals surface area contributed by atoms with Crippen LogP contribution in [0.2, 0.25) is 0 Å². The lowest BCUT2D eigenvalue weighted by Gasteiger charge is -2.10. The quantitative estimate of drug-likeness (QED) is 0.553. The van der Waals surface area contributed by atoms with Gasteiger partial charge in [-0.15, -0.1) is 0 Å². The first-order valence-electron chi connectivity index (χ1n) is 4.47. The topological polar surface area (TPSA) is 17.8 Å². The fourth-order valence-corrected chi connectivity index (χ4v) is 1.69. The second-order valence-corrected chi connectivity index (χ2v) is 3.20. The van der Waals surface area contributed by atoms with E-state index < -0.39 is 0 Å². The summed E-state index contributed by atoms with van der Waals surface area (Å²) in [5.41, 5.74) is 0. The Hall–Kier alpha value is -0.790. The summed E-state index contributed by atoms with van der Waals surface area (Å²) in [7, 11) is 0. The van der Waals surface area contributed by atoms with Crippen LogP contribution in [0.1, 0.15) is 31.5 Å². The molecule has 1 aliphatic heterocycles. The molecule has 0 atom stereocenters. The monoisotopic (exact) mass is 150 g/mol. The Bertz CT molecular complexity index is 205. The fraction of sp³-hybridized carbons (Fsp3) is 0.667. The molecule has 0 aromatic carbocycles. The first kappa shape index (κ1) is 6.89. The van der Waals surface area contributed by atoms with Crippen molar-refractivity contribution in [2.45, 2.75) is 38.6 Å². The lowest BCUT2D eigenvalue weighted by atomic mass is 10.1. The SMILES string of the molecule is c1cn2c(n1)CCCCCC2. The van der Waals surface area contributed by atoms with Gasteiger partial charge in [-0.2, -0.15) is 0 Å². The van der Waals surface area contributed by atoms with Gasteiger partial charge in [-0.1, -0.05) is 12.8 Å². The lowest BCUT2D eigenvalue weighted by Crippen LogP contribution is -2.06. The minimum atomic E-state index is 1.17. The van der Waals surface area contributed by atoms with Gasteiger partial charge in [0.05, 0.1) is 0 Å². The van der Waals surface area contributed by atoms with E-state index in [0.717, 1.165) is 0 Å². The summed E-state index contributed by atoms with van der Waals surface area (Å²) in [5.74, 6) is 1.28. The molecule has 2 heterocycles. The van der Waals surface area contributed by atoms with Crippen molar-refractivity contribution in [1.82, 2.24) is 9.55 Å². The number of aryl methyl sites for hydroxylation is 2. The molecule has 1 aromatic heterocycles. The third-order valence-electron chi connectivity index (χ3n) is 2.35. The van der Waals surface area contributed by atoms with Crippen LogP contribution in [0.3, 0.4) is 0 Å². The van der Waals surface area contributed by atoms with Crippen molar-refractivity contribution in [2.24, 2.45) is 0 Å². The van der Waals surface area contributed by atoms with Crippen molar-refractivity contribution in [3.63, 3.8) is 0 Å². The molecule has 0 spiro atoms. The summed E-state index contributed by atoms with van der Waals surface area (Å²) in [5, 5.41) is 0. The maximum atomic E-state index is 4.32. The van der Waals surface area contributed by atoms with Crippen LogP contribution in [0, 0.1) is 0 Å². The second kappa shape index (κ2) is 3.07. The molecule has 0 saturated heterocycles. The molecule has 2 rings (SSSR count). The van der Waals surface area contributed by atoms with E-state index in [4.69, 9.17) is 0 Å². The molecule has 0 radical (unpaired) electrons. The minimum absolute atomic E-state index is 1.17. The normalized spacial score (nSPS) is 18.5. The van der Waals surface area contributed by atoms with Gasteiger partial charge in [0.25, 0.3) is 0 Å². The molecule has 0 bridgehead atoms. The molecule has 0 aliphatic carbocycles. The van der Waals surface area contributed by atoms with Crippen molar-refractivity contribution in [2.75, 3.05) is 0 Å². The molecule has 0 fully saturated rings. The molecular weight excluding hydrogens is 136 g/mol. The van der Waals surface area contributed by atoms with Crippen molar-refractivity contribution >= 4 is 0 Å². The predicted molar refractivity (Wildman–Crippen MR) is 44.4 cm³/mol. The average Bonchev–Trinajstić information content (AvgIpc) is 2.35. The van der Waals surface area contributed by atoms with E-state index in [1.165, 1.54) is 44.5 Å². The molecule has 11 heavy (non-hydrogen) atoms. The number of fused-ring (bicyclic) bond motifs is 1. The third kappa shape index (κ3) is 1.44. The van der Waals surface area contributed by atoms with Crippen LogP contribution < -0.4 is 0 Å². The van der Waals surface area contributed by atoms with E-state index in [0.29, 0.717) is 0 Å². The van der Waals surface area contributed by atoms with Gasteiger partial charge in [0, 0.05) is 25.4 Å². The average molecular weight is 150 g/mol. The highest BCUT2D eigenvalue weighted by Crippen LogP contribution is 2.12. The summed E-state index contributed by atoms with van der Waals surface area (Å²) < 4.78 is 2.29. The molecule has 1 aromatic rings. The van der Waals surface area contributed by atoms with Gasteiger partial charge in [0.2, 0.25) is 0 Å². The number of hydrogen-bond donors (Lipinski definition) is 0. The minimum Gasteiger partial charge on any atom is -0.335 e. The van der Waals surface area contributed by atoms with Crippen molar-refractivity contribution in [3.05, 3.63) is 18.2 Å². The molecule has 0 amide bonds. The highest BCUT2D eigenvalue weighted by Gasteiger charge is 2.04. The second-order valence-electron chi connectivity index (χ2n) is 3.20. The van der Waals surface area contributed by atoms with Crippen LogP contribution >= 0.6 is 0 Å². The number of hydrogen-bond acceptors (Lipinski definition) is 1. The molecule has 0 unspecified atom stereocenters. The Morgan fingerprint density at radius 3 is 3.09 bits per heavy atom. The van der Waals surface area contributed by atoms with Crippen molar-refractivity contribution < 1.29 is 0 Å². The molecular formula is C9H14N2. The van der Waals surface area contributed by atoms with E-state index >= 15 is 0 Å². The van der Waals surface area contributed by atoms with Crippen LogP contribution in [0.4, 0.5) is 0 Å². The van der Waals surface area contributed by atoms with E-state index in [1.54, 1.807) is 0 Å². The Kier molecular flexibility index (Phi) is 1.93. The molecule has 1 aliphatic rings. The fourth-order valence-electron chi connectivity index (χ4n) is 1.69. The van der Waals surface area contributed by atoms with Crippen LogP contribution in [-0.4, -0.2) is 9.55 Å². The number of aromatic nitrogens is 2. The van der Waals surface area contributed by atoms with Crippen LogP contribution in [0.5, 0.6) is 0 Å². The zero-order valence-corrected chi connectivity index (χ0v) is 6.79. The van der Waals surface area contributed by atoms with Gasteiger partial charge in [-0.3, -0.25) is 0 Å². The van der Waals surface area contributed by atoms with Crippen LogP contribution in [0.15, 0.2) is 12.4 Å². The number of rotatable bonds is 0. The van der Waals surface area contributed by atoms with Crippen LogP contribution in [-0.2, 0) is 13.0 Å². The zero-order chi connectivity index (χ0) is 7.52. The van der Waals surface area contributed by atoms with Gasteiger partial charge in [0.1, 0.15) is 5.82 Å². The molecule has 60 valence electrons. The van der Waals surface area contributed by atoms with Gasteiger partial charge in [0.15, 0.2) is 0 Å². The van der Waals surface area contributed by atoms with Gasteiger partial charge < -0.3 is 4.57 Å². The van der Waals surface area contributed by atoms with E-state index in [9.17, 15) is 0 Å². The first-order chi connectivity index (χ1) is 5.47. The summed E-state index contributed by atoms with van der Waals surface area (Å²) in [6.45, 7) is 1.18. The Morgan fingerprint density at radius 2 is 2.09 bits per heavy atom. The van der Waals surface area contributed by atoms with Gasteiger partial charge in [-0.05, 0) is 12.8 Å². The van der Waals surface area contributed by atoms with Crippen molar-refractivity contribution in [1.29, 1.82) is 0 Å². The predicted octanol–water partition coefficient (Wildman–Crippen LogP) is 2.00. The number of nitrogens with zero attached hydrogens (tertiary/aromatic N) is 2. The third-order valence-corrected chi connectivity index (χ3v) is 2.35. The van der Waals surface area contributed by atoms with E-state index in [-0.39, 0.29) is 0 Å². The molecule has 2 heteroatoms. The largest absolute Gasteiger partial charge is 0.335 e. The maximum absolute atomic E-state index is 4.32. The molecule has 0 N–H and O–H groups in total.